The van der Waals surface area contributed by atoms with Crippen LogP contribution in [0.15, 0.2) is 40.9 Å². The maximum absolute atomic E-state index is 13.2. The fraction of sp³-hybridized carbons (Fsp3) is 0.0667. The molecule has 0 heterocycles. The summed E-state index contributed by atoms with van der Waals surface area (Å²) in [5, 5.41) is 11.6. The van der Waals surface area contributed by atoms with Gasteiger partial charge in [-0.2, -0.15) is 0 Å². The van der Waals surface area contributed by atoms with Crippen LogP contribution in [0.3, 0.4) is 0 Å². The second kappa shape index (κ2) is 6.05. The van der Waals surface area contributed by atoms with E-state index in [-0.39, 0.29) is 16.8 Å². The number of carbonyl (C=O) groups excluding carboxylic acids is 1. The van der Waals surface area contributed by atoms with Gasteiger partial charge in [0.15, 0.2) is 0 Å². The van der Waals surface area contributed by atoms with Gasteiger partial charge in [0.1, 0.15) is 5.82 Å². The molecule has 0 spiro atoms. The van der Waals surface area contributed by atoms with Crippen molar-refractivity contribution >= 4 is 33.5 Å². The van der Waals surface area contributed by atoms with Crippen LogP contribution in [0, 0.1) is 12.7 Å². The smallest absolute Gasteiger partial charge is 0.337 e. The number of benzene rings is 2. The number of rotatable bonds is 3. The van der Waals surface area contributed by atoms with E-state index in [1.54, 1.807) is 13.0 Å². The van der Waals surface area contributed by atoms with Crippen LogP contribution in [-0.4, -0.2) is 17.0 Å². The summed E-state index contributed by atoms with van der Waals surface area (Å²) < 4.78 is 13.6. The number of hydrogen-bond donors (Lipinski definition) is 2. The van der Waals surface area contributed by atoms with Crippen molar-refractivity contribution in [3.8, 4) is 0 Å². The van der Waals surface area contributed by atoms with Crippen LogP contribution in [0.2, 0.25) is 0 Å². The number of amides is 1. The highest BCUT2D eigenvalue weighted by Crippen LogP contribution is 2.22. The van der Waals surface area contributed by atoms with E-state index in [9.17, 15) is 14.0 Å². The molecule has 0 aliphatic carbocycles. The fourth-order valence-corrected chi connectivity index (χ4v) is 2.23. The van der Waals surface area contributed by atoms with Gasteiger partial charge < -0.3 is 10.4 Å². The Labute approximate surface area is 128 Å². The van der Waals surface area contributed by atoms with Gasteiger partial charge in [0.2, 0.25) is 0 Å². The van der Waals surface area contributed by atoms with Crippen molar-refractivity contribution in [2.24, 2.45) is 0 Å². The Morgan fingerprint density at radius 3 is 2.52 bits per heavy atom. The highest BCUT2D eigenvalue weighted by Gasteiger charge is 2.16. The van der Waals surface area contributed by atoms with Crippen LogP contribution in [0.1, 0.15) is 26.3 Å². The lowest BCUT2D eigenvalue weighted by atomic mass is 10.1. The average molecular weight is 352 g/mol. The van der Waals surface area contributed by atoms with Crippen molar-refractivity contribution in [2.75, 3.05) is 5.32 Å². The van der Waals surface area contributed by atoms with E-state index < -0.39 is 17.7 Å². The molecule has 2 N–H and O–H groups in total. The number of carboxylic acid groups (broad SMARTS) is 1. The molecule has 0 radical (unpaired) electrons. The third-order valence-corrected chi connectivity index (χ3v) is 3.52. The Kier molecular flexibility index (Phi) is 4.37. The van der Waals surface area contributed by atoms with Crippen LogP contribution in [-0.2, 0) is 0 Å². The van der Waals surface area contributed by atoms with Gasteiger partial charge >= 0.3 is 5.97 Å². The topological polar surface area (TPSA) is 66.4 Å². The zero-order chi connectivity index (χ0) is 15.6. The first-order valence-corrected chi connectivity index (χ1v) is 6.78. The van der Waals surface area contributed by atoms with Gasteiger partial charge in [-0.25, -0.2) is 9.18 Å². The highest BCUT2D eigenvalue weighted by atomic mass is 79.9. The second-order valence-corrected chi connectivity index (χ2v) is 5.29. The molecule has 2 aromatic rings. The van der Waals surface area contributed by atoms with Crippen LogP contribution in [0.4, 0.5) is 10.1 Å². The molecule has 0 aromatic heterocycles. The SMILES string of the molecule is Cc1ccc(NC(=O)c2cc(F)ccc2Br)c(C(=O)O)c1. The minimum atomic E-state index is -1.15. The summed E-state index contributed by atoms with van der Waals surface area (Å²) in [6, 6.07) is 8.35. The first-order valence-electron chi connectivity index (χ1n) is 5.99. The summed E-state index contributed by atoms with van der Waals surface area (Å²) in [4.78, 5) is 23.3. The van der Waals surface area contributed by atoms with Crippen LogP contribution in [0.5, 0.6) is 0 Å². The molecule has 0 unspecified atom stereocenters. The van der Waals surface area contributed by atoms with Gasteiger partial charge in [-0.15, -0.1) is 0 Å². The molecule has 0 aliphatic rings. The summed E-state index contributed by atoms with van der Waals surface area (Å²) in [6.07, 6.45) is 0. The summed E-state index contributed by atoms with van der Waals surface area (Å²) >= 11 is 3.16. The molecule has 6 heteroatoms. The van der Waals surface area contributed by atoms with Gasteiger partial charge in [-0.1, -0.05) is 11.6 Å². The summed E-state index contributed by atoms with van der Waals surface area (Å²) in [6.45, 7) is 1.75. The molecule has 0 fully saturated rings. The number of halogens is 2. The van der Waals surface area contributed by atoms with E-state index in [1.165, 1.54) is 24.3 Å². The molecule has 0 saturated heterocycles. The Hall–Kier alpha value is -2.21. The molecular formula is C15H11BrFNO3. The highest BCUT2D eigenvalue weighted by molar-refractivity contribution is 9.10. The van der Waals surface area contributed by atoms with Gasteiger partial charge in [-0.05, 0) is 53.2 Å². The van der Waals surface area contributed by atoms with Crippen molar-refractivity contribution in [3.63, 3.8) is 0 Å². The standard InChI is InChI=1S/C15H11BrFNO3/c1-8-2-5-13(11(6-8)15(20)21)18-14(19)10-7-9(17)3-4-12(10)16/h2-7H,1H3,(H,18,19)(H,20,21). The minimum absolute atomic E-state index is 0.0177. The molecule has 21 heavy (non-hydrogen) atoms. The second-order valence-electron chi connectivity index (χ2n) is 4.43. The number of carboxylic acids is 1. The van der Waals surface area contributed by atoms with E-state index in [4.69, 9.17) is 5.11 Å². The lowest BCUT2D eigenvalue weighted by molar-refractivity contribution is 0.0698. The molecule has 108 valence electrons. The number of nitrogens with one attached hydrogen (secondary N) is 1. The number of carbonyl (C=O) groups is 2. The van der Waals surface area contributed by atoms with E-state index in [2.05, 4.69) is 21.2 Å². The van der Waals surface area contributed by atoms with Gasteiger partial charge in [0.05, 0.1) is 16.8 Å². The summed E-state index contributed by atoms with van der Waals surface area (Å²) in [5.41, 5.74) is 0.995. The lowest BCUT2D eigenvalue weighted by Crippen LogP contribution is -2.15. The Balaban J connectivity index is 2.36. The van der Waals surface area contributed by atoms with Crippen molar-refractivity contribution in [2.45, 2.75) is 6.92 Å². The molecule has 0 atom stereocenters. The third kappa shape index (κ3) is 3.46. The van der Waals surface area contributed by atoms with Gasteiger partial charge in [0, 0.05) is 4.47 Å². The normalized spacial score (nSPS) is 10.2. The molecular weight excluding hydrogens is 341 g/mol. The van der Waals surface area contributed by atoms with Crippen LogP contribution in [0.25, 0.3) is 0 Å². The summed E-state index contributed by atoms with van der Waals surface area (Å²) in [5.74, 6) is -2.29. The van der Waals surface area contributed by atoms with Crippen LogP contribution < -0.4 is 5.32 Å². The minimum Gasteiger partial charge on any atom is -0.478 e. The van der Waals surface area contributed by atoms with E-state index in [0.717, 1.165) is 11.6 Å². The van der Waals surface area contributed by atoms with Gasteiger partial charge in [0.25, 0.3) is 5.91 Å². The predicted octanol–water partition coefficient (Wildman–Crippen LogP) is 3.85. The number of aromatic carboxylic acids is 1. The third-order valence-electron chi connectivity index (χ3n) is 2.83. The molecule has 1 amide bonds. The quantitative estimate of drug-likeness (QED) is 0.882. The number of anilines is 1. The molecule has 0 saturated carbocycles. The summed E-state index contributed by atoms with van der Waals surface area (Å²) in [7, 11) is 0. The van der Waals surface area contributed by atoms with Gasteiger partial charge in [-0.3, -0.25) is 4.79 Å². The number of hydrogen-bond acceptors (Lipinski definition) is 2. The zero-order valence-corrected chi connectivity index (χ0v) is 12.6. The Morgan fingerprint density at radius 1 is 1.14 bits per heavy atom. The number of aryl methyl sites for hydroxylation is 1. The van der Waals surface area contributed by atoms with Crippen molar-refractivity contribution in [3.05, 3.63) is 63.4 Å². The molecule has 4 nitrogen and oxygen atoms in total. The Morgan fingerprint density at radius 2 is 1.86 bits per heavy atom. The lowest BCUT2D eigenvalue weighted by Gasteiger charge is -2.10. The van der Waals surface area contributed by atoms with E-state index in [0.29, 0.717) is 4.47 Å². The zero-order valence-electron chi connectivity index (χ0n) is 11.0. The van der Waals surface area contributed by atoms with Crippen LogP contribution >= 0.6 is 15.9 Å². The average Bonchev–Trinajstić information content (AvgIpc) is 2.43. The van der Waals surface area contributed by atoms with Crippen molar-refractivity contribution < 1.29 is 19.1 Å². The maximum Gasteiger partial charge on any atom is 0.337 e. The maximum atomic E-state index is 13.2. The largest absolute Gasteiger partial charge is 0.478 e. The first-order chi connectivity index (χ1) is 9.88. The molecule has 0 bridgehead atoms. The fourth-order valence-electron chi connectivity index (χ4n) is 1.81. The van der Waals surface area contributed by atoms with E-state index >= 15 is 0 Å². The monoisotopic (exact) mass is 351 g/mol. The van der Waals surface area contributed by atoms with Crippen molar-refractivity contribution in [1.82, 2.24) is 0 Å². The first kappa shape index (κ1) is 15.2. The predicted molar refractivity (Wildman–Crippen MR) is 80.2 cm³/mol. The molecule has 2 aromatic carbocycles. The van der Waals surface area contributed by atoms with E-state index in [1.807, 2.05) is 0 Å². The molecule has 2 rings (SSSR count). The van der Waals surface area contributed by atoms with Crippen molar-refractivity contribution in [1.29, 1.82) is 0 Å². The molecule has 0 aliphatic heterocycles. The Bertz CT molecular complexity index is 731.